The minimum atomic E-state index is -0.352. The zero-order valence-electron chi connectivity index (χ0n) is 8.81. The molecule has 2 aromatic rings. The van der Waals surface area contributed by atoms with E-state index in [0.717, 1.165) is 4.90 Å². The highest BCUT2D eigenvalue weighted by Gasteiger charge is 2.01. The third kappa shape index (κ3) is 3.07. The molecule has 1 aromatic heterocycles. The molecule has 0 atom stereocenters. The van der Waals surface area contributed by atoms with Crippen LogP contribution in [0.2, 0.25) is 0 Å². The number of aromatic nitrogens is 2. The molecule has 0 aliphatic carbocycles. The van der Waals surface area contributed by atoms with Gasteiger partial charge in [0.15, 0.2) is 0 Å². The molecule has 4 nitrogen and oxygen atoms in total. The van der Waals surface area contributed by atoms with Gasteiger partial charge in [0.05, 0.1) is 11.9 Å². The van der Waals surface area contributed by atoms with Crippen molar-refractivity contribution in [2.75, 3.05) is 5.73 Å². The Hall–Kier alpha value is -1.82. The molecule has 0 saturated heterocycles. The Morgan fingerprint density at radius 1 is 1.47 bits per heavy atom. The minimum absolute atomic E-state index is 0.0875. The predicted octanol–water partition coefficient (Wildman–Crippen LogP) is 1.78. The maximum Gasteiger partial charge on any atom is 0.274 e. The number of halogens is 1. The summed E-state index contributed by atoms with van der Waals surface area (Å²) in [6.45, 7) is 0. The summed E-state index contributed by atoms with van der Waals surface area (Å²) in [7, 11) is 0. The van der Waals surface area contributed by atoms with E-state index in [1.165, 1.54) is 30.1 Å². The van der Waals surface area contributed by atoms with Crippen molar-refractivity contribution >= 4 is 17.4 Å². The van der Waals surface area contributed by atoms with Crippen LogP contribution in [0.4, 0.5) is 10.1 Å². The van der Waals surface area contributed by atoms with Crippen molar-refractivity contribution in [2.24, 2.45) is 0 Å². The highest BCUT2D eigenvalue weighted by atomic mass is 32.2. The number of rotatable bonds is 3. The molecule has 0 spiro atoms. The van der Waals surface area contributed by atoms with Crippen LogP contribution >= 0.6 is 11.8 Å². The van der Waals surface area contributed by atoms with Gasteiger partial charge in [-0.15, -0.1) is 11.8 Å². The van der Waals surface area contributed by atoms with Gasteiger partial charge < -0.3 is 10.7 Å². The normalized spacial score (nSPS) is 10.4. The molecule has 0 unspecified atom stereocenters. The summed E-state index contributed by atoms with van der Waals surface area (Å²) in [5, 5.41) is 0. The van der Waals surface area contributed by atoms with E-state index in [1.807, 2.05) is 0 Å². The lowest BCUT2D eigenvalue weighted by atomic mass is 10.4. The molecular formula is C11H10FN3OS. The molecule has 88 valence electrons. The second kappa shape index (κ2) is 5.01. The quantitative estimate of drug-likeness (QED) is 0.816. The van der Waals surface area contributed by atoms with E-state index < -0.39 is 0 Å². The van der Waals surface area contributed by atoms with Gasteiger partial charge in [0.25, 0.3) is 5.56 Å². The van der Waals surface area contributed by atoms with Gasteiger partial charge in [-0.05, 0) is 18.2 Å². The molecule has 0 saturated carbocycles. The van der Waals surface area contributed by atoms with Crippen molar-refractivity contribution in [2.45, 2.75) is 10.6 Å². The molecule has 0 aliphatic rings. The number of nitrogens with zero attached hydrogens (tertiary/aromatic N) is 1. The summed E-state index contributed by atoms with van der Waals surface area (Å²) in [4.78, 5) is 18.5. The lowest BCUT2D eigenvalue weighted by Crippen LogP contribution is -2.14. The average Bonchev–Trinajstić information content (AvgIpc) is 2.31. The second-order valence-electron chi connectivity index (χ2n) is 3.36. The largest absolute Gasteiger partial charge is 0.393 e. The second-order valence-corrected chi connectivity index (χ2v) is 4.41. The number of nitrogens with one attached hydrogen (secondary N) is 1. The van der Waals surface area contributed by atoms with Gasteiger partial charge in [0.1, 0.15) is 17.3 Å². The minimum Gasteiger partial charge on any atom is -0.393 e. The van der Waals surface area contributed by atoms with Crippen molar-refractivity contribution in [1.29, 1.82) is 0 Å². The molecule has 1 aromatic carbocycles. The maximum atomic E-state index is 12.9. The van der Waals surface area contributed by atoms with Gasteiger partial charge in [-0.2, -0.15) is 0 Å². The number of aromatic amines is 1. The van der Waals surface area contributed by atoms with Gasteiger partial charge in [0.2, 0.25) is 0 Å². The third-order valence-electron chi connectivity index (χ3n) is 2.05. The van der Waals surface area contributed by atoms with Crippen LogP contribution in [-0.4, -0.2) is 9.97 Å². The first-order valence-electron chi connectivity index (χ1n) is 4.87. The summed E-state index contributed by atoms with van der Waals surface area (Å²) < 4.78 is 12.9. The lowest BCUT2D eigenvalue weighted by Gasteiger charge is -2.01. The van der Waals surface area contributed by atoms with Crippen LogP contribution < -0.4 is 11.3 Å². The van der Waals surface area contributed by atoms with Crippen LogP contribution in [0.1, 0.15) is 5.82 Å². The zero-order chi connectivity index (χ0) is 12.3. The first kappa shape index (κ1) is 11.7. The molecule has 17 heavy (non-hydrogen) atoms. The van der Waals surface area contributed by atoms with Crippen molar-refractivity contribution in [3.8, 4) is 0 Å². The molecular weight excluding hydrogens is 241 g/mol. The number of H-pyrrole nitrogens is 1. The highest BCUT2D eigenvalue weighted by Crippen LogP contribution is 2.21. The molecule has 3 N–H and O–H groups in total. The molecule has 0 bridgehead atoms. The average molecular weight is 251 g/mol. The summed E-state index contributed by atoms with van der Waals surface area (Å²) in [5.74, 6) is 0.686. The van der Waals surface area contributed by atoms with Crippen LogP contribution in [-0.2, 0) is 5.75 Å². The van der Waals surface area contributed by atoms with Crippen LogP contribution in [0.5, 0.6) is 0 Å². The van der Waals surface area contributed by atoms with Gasteiger partial charge in [-0.3, -0.25) is 4.79 Å². The fourth-order valence-corrected chi connectivity index (χ4v) is 2.04. The van der Waals surface area contributed by atoms with E-state index in [9.17, 15) is 9.18 Å². The van der Waals surface area contributed by atoms with E-state index in [2.05, 4.69) is 9.97 Å². The summed E-state index contributed by atoms with van der Waals surface area (Å²) in [5.41, 5.74) is 5.09. The van der Waals surface area contributed by atoms with E-state index in [1.54, 1.807) is 12.1 Å². The standard InChI is InChI=1S/C11H10FN3OS/c12-7-2-1-3-8(4-7)17-6-10-14-5-9(13)11(16)15-10/h1-5H,6,13H2,(H,14,15,16). The van der Waals surface area contributed by atoms with Gasteiger partial charge >= 0.3 is 0 Å². The monoisotopic (exact) mass is 251 g/mol. The number of nitrogen functional groups attached to an aromatic ring is 1. The van der Waals surface area contributed by atoms with Crippen LogP contribution in [0, 0.1) is 5.82 Å². The zero-order valence-corrected chi connectivity index (χ0v) is 9.63. The molecule has 1 heterocycles. The Balaban J connectivity index is 2.07. The Bertz CT molecular complexity index is 585. The summed E-state index contributed by atoms with van der Waals surface area (Å²) in [6.07, 6.45) is 1.32. The van der Waals surface area contributed by atoms with E-state index in [0.29, 0.717) is 11.6 Å². The smallest absolute Gasteiger partial charge is 0.274 e. The molecule has 2 rings (SSSR count). The highest BCUT2D eigenvalue weighted by molar-refractivity contribution is 7.98. The predicted molar refractivity (Wildman–Crippen MR) is 65.2 cm³/mol. The van der Waals surface area contributed by atoms with Gasteiger partial charge in [-0.25, -0.2) is 9.37 Å². The molecule has 0 radical (unpaired) electrons. The lowest BCUT2D eigenvalue weighted by molar-refractivity contribution is 0.624. The van der Waals surface area contributed by atoms with Crippen molar-refractivity contribution in [3.63, 3.8) is 0 Å². The van der Waals surface area contributed by atoms with Gasteiger partial charge in [0, 0.05) is 4.90 Å². The van der Waals surface area contributed by atoms with E-state index in [4.69, 9.17) is 5.73 Å². The van der Waals surface area contributed by atoms with E-state index >= 15 is 0 Å². The fraction of sp³-hybridized carbons (Fsp3) is 0.0909. The van der Waals surface area contributed by atoms with Crippen LogP contribution in [0.15, 0.2) is 40.2 Å². The molecule has 0 fully saturated rings. The molecule has 0 amide bonds. The Labute approximate surface area is 101 Å². The van der Waals surface area contributed by atoms with Crippen molar-refractivity contribution in [1.82, 2.24) is 9.97 Å². The van der Waals surface area contributed by atoms with Crippen molar-refractivity contribution in [3.05, 3.63) is 52.5 Å². The number of thioether (sulfide) groups is 1. The first-order chi connectivity index (χ1) is 8.15. The summed E-state index contributed by atoms with van der Waals surface area (Å²) in [6, 6.07) is 6.24. The Morgan fingerprint density at radius 2 is 2.29 bits per heavy atom. The number of nitrogens with two attached hydrogens (primary N) is 1. The number of benzene rings is 1. The third-order valence-corrected chi connectivity index (χ3v) is 3.06. The van der Waals surface area contributed by atoms with Crippen molar-refractivity contribution < 1.29 is 4.39 Å². The Morgan fingerprint density at radius 3 is 3.00 bits per heavy atom. The molecule has 6 heteroatoms. The number of hydrogen-bond donors (Lipinski definition) is 2. The van der Waals surface area contributed by atoms with Gasteiger partial charge in [-0.1, -0.05) is 6.07 Å². The maximum absolute atomic E-state index is 12.9. The first-order valence-corrected chi connectivity index (χ1v) is 5.86. The number of anilines is 1. The topological polar surface area (TPSA) is 71.8 Å². The SMILES string of the molecule is Nc1cnc(CSc2cccc(F)c2)[nH]c1=O. The Kier molecular flexibility index (Phi) is 3.43. The fourth-order valence-electron chi connectivity index (χ4n) is 1.22. The molecule has 0 aliphatic heterocycles. The van der Waals surface area contributed by atoms with Crippen LogP contribution in [0.25, 0.3) is 0 Å². The van der Waals surface area contributed by atoms with E-state index in [-0.39, 0.29) is 17.1 Å². The number of hydrogen-bond acceptors (Lipinski definition) is 4. The summed E-state index contributed by atoms with van der Waals surface area (Å²) >= 11 is 1.39. The van der Waals surface area contributed by atoms with Crippen LogP contribution in [0.3, 0.4) is 0 Å².